The molecule has 5 nitrogen and oxygen atoms in total. The van der Waals surface area contributed by atoms with E-state index >= 15 is 0 Å². The summed E-state index contributed by atoms with van der Waals surface area (Å²) in [6, 6.07) is 6.93. The van der Waals surface area contributed by atoms with Crippen LogP contribution in [0.15, 0.2) is 24.3 Å². The molecule has 0 unspecified atom stereocenters. The van der Waals surface area contributed by atoms with Crippen LogP contribution in [-0.4, -0.2) is 31.5 Å². The average molecular weight is 306 g/mol. The normalized spacial score (nSPS) is 10.4. The quantitative estimate of drug-likeness (QED) is 0.688. The van der Waals surface area contributed by atoms with E-state index in [0.29, 0.717) is 24.6 Å². The van der Waals surface area contributed by atoms with Gasteiger partial charge in [-0.15, -0.1) is 0 Å². The molecule has 0 spiro atoms. The topological polar surface area (TPSA) is 67.4 Å². The molecule has 2 amide bonds. The van der Waals surface area contributed by atoms with Crippen LogP contribution in [0.4, 0.5) is 0 Å². The highest BCUT2D eigenvalue weighted by Crippen LogP contribution is 2.12. The summed E-state index contributed by atoms with van der Waals surface area (Å²) in [5.74, 6) is 0.695. The van der Waals surface area contributed by atoms with E-state index in [4.69, 9.17) is 4.74 Å². The van der Waals surface area contributed by atoms with Crippen molar-refractivity contribution >= 4 is 11.8 Å². The lowest BCUT2D eigenvalue weighted by Gasteiger charge is -2.09. The Hall–Kier alpha value is -2.04. The number of hydrogen-bond donors (Lipinski definition) is 2. The molecule has 0 aliphatic carbocycles. The van der Waals surface area contributed by atoms with Crippen LogP contribution in [-0.2, 0) is 4.79 Å². The van der Waals surface area contributed by atoms with Gasteiger partial charge in [0, 0.05) is 12.1 Å². The summed E-state index contributed by atoms with van der Waals surface area (Å²) in [5.41, 5.74) is 0.513. The van der Waals surface area contributed by atoms with E-state index in [2.05, 4.69) is 17.6 Å². The molecule has 0 radical (unpaired) electrons. The number of carbonyl (C=O) groups is 2. The van der Waals surface area contributed by atoms with Gasteiger partial charge in [0.25, 0.3) is 5.91 Å². The van der Waals surface area contributed by atoms with E-state index < -0.39 is 0 Å². The summed E-state index contributed by atoms with van der Waals surface area (Å²) in [6.07, 6.45) is 2.09. The van der Waals surface area contributed by atoms with Gasteiger partial charge in [-0.2, -0.15) is 0 Å². The number of benzene rings is 1. The molecule has 0 fully saturated rings. The van der Waals surface area contributed by atoms with E-state index in [1.807, 2.05) is 13.8 Å². The number of carbonyl (C=O) groups excluding carboxylic acids is 2. The van der Waals surface area contributed by atoms with Crippen molar-refractivity contribution in [3.8, 4) is 5.75 Å². The fourth-order valence-electron chi connectivity index (χ4n) is 1.68. The highest BCUT2D eigenvalue weighted by Gasteiger charge is 2.08. The van der Waals surface area contributed by atoms with Crippen LogP contribution >= 0.6 is 0 Å². The van der Waals surface area contributed by atoms with Gasteiger partial charge in [0.15, 0.2) is 0 Å². The standard InChI is InChI=1S/C17H26N2O3/c1-4-5-10-22-15-8-6-14(7-9-15)17(21)19-12-16(20)18-11-13(2)3/h6-9,13H,4-5,10-12H2,1-3H3,(H,18,20)(H,19,21). The third-order valence-corrected chi connectivity index (χ3v) is 3.00. The van der Waals surface area contributed by atoms with E-state index in [-0.39, 0.29) is 18.4 Å². The fraction of sp³-hybridized carbons (Fsp3) is 0.529. The zero-order chi connectivity index (χ0) is 16.4. The van der Waals surface area contributed by atoms with E-state index in [9.17, 15) is 9.59 Å². The first-order valence-electron chi connectivity index (χ1n) is 7.80. The average Bonchev–Trinajstić information content (AvgIpc) is 2.51. The molecule has 0 saturated carbocycles. The lowest BCUT2D eigenvalue weighted by molar-refractivity contribution is -0.120. The molecule has 0 aliphatic heterocycles. The second kappa shape index (κ2) is 9.82. The molecule has 2 N–H and O–H groups in total. The van der Waals surface area contributed by atoms with Crippen molar-refractivity contribution in [1.82, 2.24) is 10.6 Å². The van der Waals surface area contributed by atoms with Crippen LogP contribution in [0.25, 0.3) is 0 Å². The predicted molar refractivity (Wildman–Crippen MR) is 87.0 cm³/mol. The van der Waals surface area contributed by atoms with Gasteiger partial charge in [0.05, 0.1) is 13.2 Å². The first kappa shape index (κ1) is 18.0. The SMILES string of the molecule is CCCCOc1ccc(C(=O)NCC(=O)NCC(C)C)cc1. The maximum absolute atomic E-state index is 11.9. The Labute approximate surface area is 132 Å². The number of rotatable bonds is 9. The van der Waals surface area contributed by atoms with Crippen molar-refractivity contribution < 1.29 is 14.3 Å². The highest BCUT2D eigenvalue weighted by atomic mass is 16.5. The third kappa shape index (κ3) is 7.11. The molecular formula is C17H26N2O3. The number of amides is 2. The number of unbranched alkanes of at least 4 members (excludes halogenated alkanes) is 1. The Morgan fingerprint density at radius 1 is 1.14 bits per heavy atom. The van der Waals surface area contributed by atoms with Gasteiger partial charge in [-0.25, -0.2) is 0 Å². The Balaban J connectivity index is 2.37. The fourth-order valence-corrected chi connectivity index (χ4v) is 1.68. The molecule has 122 valence electrons. The van der Waals surface area contributed by atoms with Crippen molar-refractivity contribution in [3.63, 3.8) is 0 Å². The van der Waals surface area contributed by atoms with Crippen LogP contribution in [0.1, 0.15) is 44.0 Å². The van der Waals surface area contributed by atoms with Crippen molar-refractivity contribution in [2.75, 3.05) is 19.7 Å². The third-order valence-electron chi connectivity index (χ3n) is 3.00. The van der Waals surface area contributed by atoms with Crippen molar-refractivity contribution in [1.29, 1.82) is 0 Å². The lowest BCUT2D eigenvalue weighted by Crippen LogP contribution is -2.38. The second-order valence-corrected chi connectivity index (χ2v) is 5.61. The molecule has 0 atom stereocenters. The Kier molecular flexibility index (Phi) is 8.04. The van der Waals surface area contributed by atoms with Crippen LogP contribution in [0.3, 0.4) is 0 Å². The van der Waals surface area contributed by atoms with E-state index in [1.165, 1.54) is 0 Å². The predicted octanol–water partition coefficient (Wildman–Crippen LogP) is 2.37. The largest absolute Gasteiger partial charge is 0.494 e. The summed E-state index contributed by atoms with van der Waals surface area (Å²) in [7, 11) is 0. The molecule has 0 aliphatic rings. The maximum atomic E-state index is 11.9. The molecule has 0 saturated heterocycles. The monoisotopic (exact) mass is 306 g/mol. The van der Waals surface area contributed by atoms with Gasteiger partial charge in [-0.05, 0) is 36.6 Å². The zero-order valence-electron chi connectivity index (χ0n) is 13.6. The van der Waals surface area contributed by atoms with E-state index in [1.54, 1.807) is 24.3 Å². The number of hydrogen-bond acceptors (Lipinski definition) is 3. The summed E-state index contributed by atoms with van der Waals surface area (Å²) in [5, 5.41) is 5.36. The Bertz CT molecular complexity index is 469. The maximum Gasteiger partial charge on any atom is 0.251 e. The number of ether oxygens (including phenoxy) is 1. The molecule has 0 aromatic heterocycles. The summed E-state index contributed by atoms with van der Waals surface area (Å²) >= 11 is 0. The van der Waals surface area contributed by atoms with Gasteiger partial charge < -0.3 is 15.4 Å². The minimum Gasteiger partial charge on any atom is -0.494 e. The van der Waals surface area contributed by atoms with Crippen molar-refractivity contribution in [2.24, 2.45) is 5.92 Å². The van der Waals surface area contributed by atoms with Gasteiger partial charge in [0.1, 0.15) is 5.75 Å². The molecule has 1 aromatic rings. The van der Waals surface area contributed by atoms with Gasteiger partial charge in [-0.1, -0.05) is 27.2 Å². The van der Waals surface area contributed by atoms with Crippen LogP contribution in [0, 0.1) is 5.92 Å². The molecule has 0 bridgehead atoms. The smallest absolute Gasteiger partial charge is 0.251 e. The zero-order valence-corrected chi connectivity index (χ0v) is 13.6. The molecular weight excluding hydrogens is 280 g/mol. The summed E-state index contributed by atoms with van der Waals surface area (Å²) in [4.78, 5) is 23.5. The van der Waals surface area contributed by atoms with Crippen molar-refractivity contribution in [2.45, 2.75) is 33.6 Å². The summed E-state index contributed by atoms with van der Waals surface area (Å²) < 4.78 is 5.54. The summed E-state index contributed by atoms with van der Waals surface area (Å²) in [6.45, 7) is 7.41. The van der Waals surface area contributed by atoms with Gasteiger partial charge in [0.2, 0.25) is 5.91 Å². The molecule has 1 rings (SSSR count). The molecule has 22 heavy (non-hydrogen) atoms. The highest BCUT2D eigenvalue weighted by molar-refractivity contribution is 5.96. The second-order valence-electron chi connectivity index (χ2n) is 5.61. The number of nitrogens with one attached hydrogen (secondary N) is 2. The molecule has 5 heteroatoms. The Morgan fingerprint density at radius 2 is 1.82 bits per heavy atom. The minimum absolute atomic E-state index is 0.0136. The molecule has 0 heterocycles. The Morgan fingerprint density at radius 3 is 2.41 bits per heavy atom. The van der Waals surface area contributed by atoms with Crippen LogP contribution in [0.2, 0.25) is 0 Å². The van der Waals surface area contributed by atoms with E-state index in [0.717, 1.165) is 18.6 Å². The molecule has 1 aromatic carbocycles. The van der Waals surface area contributed by atoms with Crippen LogP contribution in [0.5, 0.6) is 5.75 Å². The van der Waals surface area contributed by atoms with Crippen LogP contribution < -0.4 is 15.4 Å². The minimum atomic E-state index is -0.264. The van der Waals surface area contributed by atoms with Crippen molar-refractivity contribution in [3.05, 3.63) is 29.8 Å². The lowest BCUT2D eigenvalue weighted by atomic mass is 10.2. The first-order valence-corrected chi connectivity index (χ1v) is 7.80. The first-order chi connectivity index (χ1) is 10.5. The van der Waals surface area contributed by atoms with Gasteiger partial charge >= 0.3 is 0 Å². The van der Waals surface area contributed by atoms with Gasteiger partial charge in [-0.3, -0.25) is 9.59 Å².